The summed E-state index contributed by atoms with van der Waals surface area (Å²) in [6.07, 6.45) is 0. The SMILES string of the molecule is Cc1ccc(C)c(N=C2SCC(C)(C)N2C(=O)c2nc(Cl)c(Cl)c(Cl)c2Cl)c1. The molecule has 3 rings (SSSR count). The van der Waals surface area contributed by atoms with Crippen molar-refractivity contribution in [1.29, 1.82) is 0 Å². The van der Waals surface area contributed by atoms with Crippen LogP contribution in [-0.2, 0) is 0 Å². The Balaban J connectivity index is 2.11. The van der Waals surface area contributed by atoms with E-state index in [0.29, 0.717) is 10.9 Å². The van der Waals surface area contributed by atoms with E-state index in [-0.39, 0.29) is 25.9 Å². The van der Waals surface area contributed by atoms with Gasteiger partial charge in [0.2, 0.25) is 0 Å². The van der Waals surface area contributed by atoms with E-state index in [0.717, 1.165) is 16.8 Å². The van der Waals surface area contributed by atoms with E-state index in [2.05, 4.69) is 4.98 Å². The predicted molar refractivity (Wildman–Crippen MR) is 120 cm³/mol. The van der Waals surface area contributed by atoms with Crippen LogP contribution in [0.5, 0.6) is 0 Å². The van der Waals surface area contributed by atoms with E-state index in [1.165, 1.54) is 11.8 Å². The number of aliphatic imine (C=N–C) groups is 1. The van der Waals surface area contributed by atoms with Gasteiger partial charge in [-0.1, -0.05) is 70.3 Å². The second-order valence-electron chi connectivity index (χ2n) is 7.12. The second kappa shape index (κ2) is 8.04. The molecule has 4 nitrogen and oxygen atoms in total. The highest BCUT2D eigenvalue weighted by Gasteiger charge is 2.43. The molecular formula is C19H17Cl4N3OS. The molecule has 28 heavy (non-hydrogen) atoms. The molecule has 0 aliphatic carbocycles. The number of aromatic nitrogens is 1. The number of hydrogen-bond acceptors (Lipinski definition) is 4. The summed E-state index contributed by atoms with van der Waals surface area (Å²) in [5.74, 6) is 0.249. The van der Waals surface area contributed by atoms with E-state index < -0.39 is 11.4 Å². The maximum atomic E-state index is 13.4. The number of aryl methyl sites for hydroxylation is 2. The van der Waals surface area contributed by atoms with Crippen molar-refractivity contribution >= 4 is 74.9 Å². The molecule has 1 saturated heterocycles. The molecule has 0 bridgehead atoms. The predicted octanol–water partition coefficient (Wildman–Crippen LogP) is 6.97. The molecule has 1 aromatic carbocycles. The monoisotopic (exact) mass is 475 g/mol. The molecule has 1 aliphatic heterocycles. The molecule has 0 unspecified atom stereocenters. The maximum Gasteiger partial charge on any atom is 0.280 e. The molecule has 1 fully saturated rings. The van der Waals surface area contributed by atoms with Gasteiger partial charge >= 0.3 is 0 Å². The number of benzene rings is 1. The lowest BCUT2D eigenvalue weighted by Gasteiger charge is -2.30. The summed E-state index contributed by atoms with van der Waals surface area (Å²) in [7, 11) is 0. The summed E-state index contributed by atoms with van der Waals surface area (Å²) in [5.41, 5.74) is 2.37. The summed E-state index contributed by atoms with van der Waals surface area (Å²) in [4.78, 5) is 23.8. The fourth-order valence-corrected chi connectivity index (χ4v) is 4.79. The van der Waals surface area contributed by atoms with Crippen LogP contribution in [0.25, 0.3) is 0 Å². The highest BCUT2D eigenvalue weighted by molar-refractivity contribution is 8.14. The zero-order valence-electron chi connectivity index (χ0n) is 15.6. The minimum absolute atomic E-state index is 0.00403. The van der Waals surface area contributed by atoms with Gasteiger partial charge in [-0.3, -0.25) is 9.69 Å². The van der Waals surface area contributed by atoms with Crippen LogP contribution in [-0.4, -0.2) is 32.3 Å². The summed E-state index contributed by atoms with van der Waals surface area (Å²) < 4.78 is 0. The van der Waals surface area contributed by atoms with Crippen molar-refractivity contribution in [2.24, 2.45) is 4.99 Å². The van der Waals surface area contributed by atoms with Crippen LogP contribution in [0.2, 0.25) is 20.2 Å². The van der Waals surface area contributed by atoms with Crippen molar-refractivity contribution in [1.82, 2.24) is 9.88 Å². The topological polar surface area (TPSA) is 45.6 Å². The Morgan fingerprint density at radius 3 is 2.50 bits per heavy atom. The van der Waals surface area contributed by atoms with Crippen LogP contribution in [0.15, 0.2) is 23.2 Å². The minimum atomic E-state index is -0.498. The third-order valence-corrected chi connectivity index (χ3v) is 7.38. The average Bonchev–Trinajstić information content (AvgIpc) is 2.93. The molecule has 148 valence electrons. The molecular weight excluding hydrogens is 460 g/mol. The van der Waals surface area contributed by atoms with Crippen molar-refractivity contribution in [3.63, 3.8) is 0 Å². The van der Waals surface area contributed by atoms with Gasteiger partial charge in [-0.25, -0.2) is 9.98 Å². The van der Waals surface area contributed by atoms with Gasteiger partial charge in [0, 0.05) is 5.75 Å². The number of carbonyl (C=O) groups excluding carboxylic acids is 1. The molecule has 0 atom stereocenters. The summed E-state index contributed by atoms with van der Waals surface area (Å²) in [6.45, 7) is 7.89. The van der Waals surface area contributed by atoms with Crippen LogP contribution in [0.4, 0.5) is 5.69 Å². The molecule has 1 amide bonds. The molecule has 1 aliphatic rings. The van der Waals surface area contributed by atoms with Crippen LogP contribution >= 0.6 is 58.2 Å². The molecule has 2 aromatic rings. The number of carbonyl (C=O) groups is 1. The van der Waals surface area contributed by atoms with Crippen molar-refractivity contribution in [2.45, 2.75) is 33.2 Å². The zero-order valence-corrected chi connectivity index (χ0v) is 19.4. The molecule has 9 heteroatoms. The van der Waals surface area contributed by atoms with E-state index in [1.807, 2.05) is 45.9 Å². The Bertz CT molecular complexity index is 1010. The Kier molecular flexibility index (Phi) is 6.23. The Morgan fingerprint density at radius 1 is 1.14 bits per heavy atom. The maximum absolute atomic E-state index is 13.4. The van der Waals surface area contributed by atoms with Crippen LogP contribution < -0.4 is 0 Å². The first-order valence-electron chi connectivity index (χ1n) is 8.36. The van der Waals surface area contributed by atoms with Gasteiger partial charge < -0.3 is 0 Å². The summed E-state index contributed by atoms with van der Waals surface area (Å²) in [5, 5.41) is 0.495. The Hall–Kier alpha value is -0.980. The number of amides is 1. The van der Waals surface area contributed by atoms with Crippen molar-refractivity contribution in [3.05, 3.63) is 55.2 Å². The van der Waals surface area contributed by atoms with Crippen LogP contribution in [0, 0.1) is 13.8 Å². The van der Waals surface area contributed by atoms with Gasteiger partial charge in [0.15, 0.2) is 10.9 Å². The Morgan fingerprint density at radius 2 is 1.82 bits per heavy atom. The minimum Gasteiger partial charge on any atom is -0.279 e. The normalized spacial score (nSPS) is 17.4. The zero-order chi connectivity index (χ0) is 20.8. The molecule has 1 aromatic heterocycles. The highest BCUT2D eigenvalue weighted by Crippen LogP contribution is 2.40. The molecule has 0 spiro atoms. The second-order valence-corrected chi connectivity index (χ2v) is 9.55. The number of halogens is 4. The van der Waals surface area contributed by atoms with Gasteiger partial charge in [0.1, 0.15) is 5.15 Å². The number of nitrogens with zero attached hydrogens (tertiary/aromatic N) is 3. The highest BCUT2D eigenvalue weighted by atomic mass is 35.5. The van der Waals surface area contributed by atoms with Crippen LogP contribution in [0.1, 0.15) is 35.5 Å². The standard InChI is InChI=1S/C19H17Cl4N3OS/c1-9-5-6-10(2)11(7-9)24-18-26(19(3,4)8-28-18)17(27)15-13(21)12(20)14(22)16(23)25-15/h5-7H,8H2,1-4H3. The smallest absolute Gasteiger partial charge is 0.279 e. The van der Waals surface area contributed by atoms with Crippen LogP contribution in [0.3, 0.4) is 0 Å². The fraction of sp³-hybridized carbons (Fsp3) is 0.316. The van der Waals surface area contributed by atoms with Gasteiger partial charge in [-0.2, -0.15) is 0 Å². The number of thioether (sulfide) groups is 1. The van der Waals surface area contributed by atoms with Crippen molar-refractivity contribution < 1.29 is 4.79 Å². The number of rotatable bonds is 2. The van der Waals surface area contributed by atoms with E-state index in [9.17, 15) is 4.79 Å². The lowest BCUT2D eigenvalue weighted by molar-refractivity contribution is 0.0761. The number of amidine groups is 1. The summed E-state index contributed by atoms with van der Waals surface area (Å²) in [6, 6.07) is 6.01. The first kappa shape index (κ1) is 21.7. The summed E-state index contributed by atoms with van der Waals surface area (Å²) >= 11 is 25.9. The average molecular weight is 477 g/mol. The third-order valence-electron chi connectivity index (χ3n) is 4.32. The lowest BCUT2D eigenvalue weighted by Crippen LogP contribution is -2.46. The first-order valence-corrected chi connectivity index (χ1v) is 10.9. The van der Waals surface area contributed by atoms with Crippen molar-refractivity contribution in [2.75, 3.05) is 5.75 Å². The number of hydrogen-bond donors (Lipinski definition) is 0. The molecule has 0 saturated carbocycles. The van der Waals surface area contributed by atoms with Gasteiger partial charge in [0.05, 0.1) is 26.3 Å². The molecule has 0 radical (unpaired) electrons. The third kappa shape index (κ3) is 4.01. The van der Waals surface area contributed by atoms with Gasteiger partial charge in [-0.05, 0) is 44.9 Å². The van der Waals surface area contributed by atoms with E-state index >= 15 is 0 Å². The Labute approximate surface area is 188 Å². The largest absolute Gasteiger partial charge is 0.280 e. The van der Waals surface area contributed by atoms with E-state index in [1.54, 1.807) is 4.90 Å². The molecule has 2 heterocycles. The van der Waals surface area contributed by atoms with E-state index in [4.69, 9.17) is 51.4 Å². The van der Waals surface area contributed by atoms with Gasteiger partial charge in [-0.15, -0.1) is 0 Å². The van der Waals surface area contributed by atoms with Gasteiger partial charge in [0.25, 0.3) is 5.91 Å². The quantitative estimate of drug-likeness (QED) is 0.439. The van der Waals surface area contributed by atoms with Crippen molar-refractivity contribution in [3.8, 4) is 0 Å². The number of pyridine rings is 1. The first-order chi connectivity index (χ1) is 13.0. The lowest BCUT2D eigenvalue weighted by atomic mass is 10.1. The fourth-order valence-electron chi connectivity index (χ4n) is 2.75. The molecule has 0 N–H and O–H groups in total.